The lowest BCUT2D eigenvalue weighted by molar-refractivity contribution is 0.173. The van der Waals surface area contributed by atoms with E-state index in [4.69, 9.17) is 0 Å². The summed E-state index contributed by atoms with van der Waals surface area (Å²) in [5.41, 5.74) is 1.76. The maximum Gasteiger partial charge on any atom is 0.0914 e. The van der Waals surface area contributed by atoms with E-state index in [1.54, 1.807) is 0 Å². The fourth-order valence-electron chi connectivity index (χ4n) is 3.04. The van der Waals surface area contributed by atoms with Crippen LogP contribution in [0.15, 0.2) is 28.7 Å². The molecule has 0 aromatic heterocycles. The first kappa shape index (κ1) is 15.0. The molecule has 1 fully saturated rings. The van der Waals surface area contributed by atoms with Gasteiger partial charge in [0.2, 0.25) is 0 Å². The van der Waals surface area contributed by atoms with Gasteiger partial charge in [0, 0.05) is 11.0 Å². The maximum atomic E-state index is 10.2. The molecule has 0 heterocycles. The molecule has 0 aliphatic heterocycles. The van der Waals surface area contributed by atoms with Crippen molar-refractivity contribution in [1.29, 1.82) is 0 Å². The average Bonchev–Trinajstić information content (AvgIpc) is 2.71. The zero-order valence-corrected chi connectivity index (χ0v) is 13.8. The first-order chi connectivity index (χ1) is 8.76. The number of hydrogen-bond acceptors (Lipinski definition) is 2. The summed E-state index contributed by atoms with van der Waals surface area (Å²) >= 11 is 3.43. The summed E-state index contributed by atoms with van der Waals surface area (Å²) < 4.78 is 1.01. The average molecular weight is 326 g/mol. The van der Waals surface area contributed by atoms with Crippen molar-refractivity contribution in [2.45, 2.75) is 33.8 Å². The lowest BCUT2D eigenvalue weighted by atomic mass is 10.0. The molecule has 1 atom stereocenters. The lowest BCUT2D eigenvalue weighted by Gasteiger charge is -2.13. The predicted octanol–water partition coefficient (Wildman–Crippen LogP) is 3.75. The zero-order chi connectivity index (χ0) is 14.3. The Hall–Kier alpha value is -0.380. The fraction of sp³-hybridized carbons (Fsp3) is 0.625. The van der Waals surface area contributed by atoms with Gasteiger partial charge in [0.25, 0.3) is 0 Å². The third kappa shape index (κ3) is 2.88. The Balaban J connectivity index is 1.81. The summed E-state index contributed by atoms with van der Waals surface area (Å²) in [6, 6.07) is 7.86. The van der Waals surface area contributed by atoms with Gasteiger partial charge in [-0.25, -0.2) is 0 Å². The van der Waals surface area contributed by atoms with Crippen LogP contribution in [0, 0.1) is 16.7 Å². The first-order valence-corrected chi connectivity index (χ1v) is 7.70. The quantitative estimate of drug-likeness (QED) is 0.864. The molecule has 1 unspecified atom stereocenters. The molecule has 106 valence electrons. The summed E-state index contributed by atoms with van der Waals surface area (Å²) in [4.78, 5) is 0. The minimum Gasteiger partial charge on any atom is -0.387 e. The van der Waals surface area contributed by atoms with E-state index in [2.05, 4.69) is 48.9 Å². The van der Waals surface area contributed by atoms with Crippen LogP contribution in [0.1, 0.15) is 39.4 Å². The van der Waals surface area contributed by atoms with Gasteiger partial charge in [0.15, 0.2) is 0 Å². The van der Waals surface area contributed by atoms with Crippen LogP contribution in [0.2, 0.25) is 0 Å². The van der Waals surface area contributed by atoms with E-state index in [0.29, 0.717) is 23.3 Å². The van der Waals surface area contributed by atoms with Crippen molar-refractivity contribution in [2.24, 2.45) is 16.7 Å². The highest BCUT2D eigenvalue weighted by atomic mass is 79.9. The van der Waals surface area contributed by atoms with Crippen molar-refractivity contribution >= 4 is 15.9 Å². The van der Waals surface area contributed by atoms with Crippen molar-refractivity contribution in [3.8, 4) is 0 Å². The Morgan fingerprint density at radius 2 is 1.89 bits per heavy atom. The molecule has 1 aromatic carbocycles. The molecule has 1 aliphatic rings. The van der Waals surface area contributed by atoms with Crippen molar-refractivity contribution in [3.05, 3.63) is 34.3 Å². The second kappa shape index (κ2) is 5.19. The van der Waals surface area contributed by atoms with E-state index >= 15 is 0 Å². The van der Waals surface area contributed by atoms with Gasteiger partial charge in [-0.1, -0.05) is 55.8 Å². The SMILES string of the molecule is CC1(C)C(CNCC(O)c2cccc(Br)c2)C1(C)C. The summed E-state index contributed by atoms with van der Waals surface area (Å²) in [6.45, 7) is 10.9. The van der Waals surface area contributed by atoms with Crippen LogP contribution in [-0.4, -0.2) is 18.2 Å². The Morgan fingerprint density at radius 3 is 2.42 bits per heavy atom. The molecule has 19 heavy (non-hydrogen) atoms. The van der Waals surface area contributed by atoms with Crippen molar-refractivity contribution in [3.63, 3.8) is 0 Å². The second-order valence-corrected chi connectivity index (χ2v) is 7.64. The highest BCUT2D eigenvalue weighted by Crippen LogP contribution is 2.67. The van der Waals surface area contributed by atoms with E-state index in [-0.39, 0.29) is 0 Å². The molecule has 3 heteroatoms. The van der Waals surface area contributed by atoms with Crippen LogP contribution in [0.25, 0.3) is 0 Å². The van der Waals surface area contributed by atoms with Gasteiger partial charge in [-0.2, -0.15) is 0 Å². The number of rotatable bonds is 5. The molecule has 1 saturated carbocycles. The van der Waals surface area contributed by atoms with Gasteiger partial charge < -0.3 is 10.4 Å². The Kier molecular flexibility index (Phi) is 4.10. The number of benzene rings is 1. The van der Waals surface area contributed by atoms with Crippen LogP contribution >= 0.6 is 15.9 Å². The number of aliphatic hydroxyl groups excluding tert-OH is 1. The predicted molar refractivity (Wildman–Crippen MR) is 83.0 cm³/mol. The molecule has 0 radical (unpaired) electrons. The lowest BCUT2D eigenvalue weighted by Crippen LogP contribution is -2.25. The summed E-state index contributed by atoms with van der Waals surface area (Å²) in [5.74, 6) is 0.690. The number of nitrogens with one attached hydrogen (secondary N) is 1. The minimum atomic E-state index is -0.442. The molecule has 2 nitrogen and oxygen atoms in total. The van der Waals surface area contributed by atoms with E-state index in [9.17, 15) is 5.11 Å². The summed E-state index contributed by atoms with van der Waals surface area (Å²) in [6.07, 6.45) is -0.442. The molecule has 2 rings (SSSR count). The molecule has 0 spiro atoms. The van der Waals surface area contributed by atoms with E-state index in [0.717, 1.165) is 16.6 Å². The monoisotopic (exact) mass is 325 g/mol. The second-order valence-electron chi connectivity index (χ2n) is 6.73. The van der Waals surface area contributed by atoms with Crippen molar-refractivity contribution in [2.75, 3.05) is 13.1 Å². The van der Waals surface area contributed by atoms with Crippen LogP contribution < -0.4 is 5.32 Å². The van der Waals surface area contributed by atoms with Crippen molar-refractivity contribution < 1.29 is 5.11 Å². The van der Waals surface area contributed by atoms with Crippen LogP contribution in [0.5, 0.6) is 0 Å². The van der Waals surface area contributed by atoms with E-state index < -0.39 is 6.10 Å². The maximum absolute atomic E-state index is 10.2. The number of hydrogen-bond donors (Lipinski definition) is 2. The van der Waals surface area contributed by atoms with Gasteiger partial charge in [-0.05, 0) is 41.0 Å². The Labute approximate surface area is 124 Å². The van der Waals surface area contributed by atoms with Gasteiger partial charge in [-0.3, -0.25) is 0 Å². The first-order valence-electron chi connectivity index (χ1n) is 6.91. The molecule has 2 N–H and O–H groups in total. The largest absolute Gasteiger partial charge is 0.387 e. The standard InChI is InChI=1S/C16H24BrNO/c1-15(2)14(16(15,3)4)10-18-9-13(19)11-6-5-7-12(17)8-11/h5-8,13-14,18-19H,9-10H2,1-4H3. The Morgan fingerprint density at radius 1 is 1.26 bits per heavy atom. The topological polar surface area (TPSA) is 32.3 Å². The van der Waals surface area contributed by atoms with E-state index in [1.807, 2.05) is 24.3 Å². The van der Waals surface area contributed by atoms with Gasteiger partial charge in [-0.15, -0.1) is 0 Å². The fourth-order valence-corrected chi connectivity index (χ4v) is 3.46. The smallest absolute Gasteiger partial charge is 0.0914 e. The number of halogens is 1. The van der Waals surface area contributed by atoms with E-state index in [1.165, 1.54) is 0 Å². The molecule has 1 aromatic rings. The van der Waals surface area contributed by atoms with Gasteiger partial charge >= 0.3 is 0 Å². The van der Waals surface area contributed by atoms with Crippen molar-refractivity contribution in [1.82, 2.24) is 5.32 Å². The highest BCUT2D eigenvalue weighted by molar-refractivity contribution is 9.10. The molecule has 1 aliphatic carbocycles. The molecular formula is C16H24BrNO. The zero-order valence-electron chi connectivity index (χ0n) is 12.2. The minimum absolute atomic E-state index is 0.403. The Bertz CT molecular complexity index is 442. The molecule has 0 saturated heterocycles. The molecule has 0 bridgehead atoms. The summed E-state index contributed by atoms with van der Waals surface area (Å²) in [7, 11) is 0. The van der Waals surface area contributed by atoms with Crippen LogP contribution in [0.4, 0.5) is 0 Å². The summed E-state index contributed by atoms with van der Waals surface area (Å²) in [5, 5.41) is 13.6. The third-order valence-electron chi connectivity index (χ3n) is 5.24. The third-order valence-corrected chi connectivity index (χ3v) is 5.73. The van der Waals surface area contributed by atoms with Gasteiger partial charge in [0.1, 0.15) is 0 Å². The highest BCUT2D eigenvalue weighted by Gasteiger charge is 2.63. The molecule has 0 amide bonds. The van der Waals surface area contributed by atoms with Gasteiger partial charge in [0.05, 0.1) is 6.10 Å². The normalized spacial score (nSPS) is 22.2. The van der Waals surface area contributed by atoms with Crippen LogP contribution in [-0.2, 0) is 0 Å². The van der Waals surface area contributed by atoms with Crippen LogP contribution in [0.3, 0.4) is 0 Å². The molecular weight excluding hydrogens is 302 g/mol. The number of aliphatic hydroxyl groups is 1.